The lowest BCUT2D eigenvalue weighted by molar-refractivity contribution is -0.114. The van der Waals surface area contributed by atoms with Gasteiger partial charge in [0.25, 0.3) is 5.91 Å². The maximum absolute atomic E-state index is 13.1. The maximum Gasteiger partial charge on any atom is 0.255 e. The van der Waals surface area contributed by atoms with Crippen molar-refractivity contribution in [2.24, 2.45) is 0 Å². The fourth-order valence-corrected chi connectivity index (χ4v) is 3.87. The number of rotatable bonds is 7. The fraction of sp³-hybridized carbons (Fsp3) is 0.130. The van der Waals surface area contributed by atoms with Crippen molar-refractivity contribution in [3.63, 3.8) is 0 Å². The average Bonchev–Trinajstić information content (AvgIpc) is 2.73. The second kappa shape index (κ2) is 9.61. The number of benzene rings is 3. The van der Waals surface area contributed by atoms with E-state index in [1.165, 1.54) is 47.6 Å². The Morgan fingerprint density at radius 3 is 1.88 bits per heavy atom. The minimum atomic E-state index is -3.61. The average molecular weight is 456 g/mol. The van der Waals surface area contributed by atoms with Crippen LogP contribution in [0.15, 0.2) is 72.8 Å². The predicted molar refractivity (Wildman–Crippen MR) is 123 cm³/mol. The van der Waals surface area contributed by atoms with Gasteiger partial charge in [0.2, 0.25) is 15.9 Å². The van der Waals surface area contributed by atoms with E-state index >= 15 is 0 Å². The number of amides is 2. The first-order chi connectivity index (χ1) is 15.1. The van der Waals surface area contributed by atoms with Crippen molar-refractivity contribution in [1.29, 1.82) is 0 Å². The SMILES string of the molecule is CC(=O)Nc1ccc(NC(=O)c2ccc(N(Cc3ccc(F)cc3)S(C)(=O)=O)cc2)cc1. The van der Waals surface area contributed by atoms with Crippen LogP contribution in [-0.4, -0.2) is 26.5 Å². The normalized spacial score (nSPS) is 11.0. The Bertz CT molecular complexity index is 1210. The quantitative estimate of drug-likeness (QED) is 0.563. The van der Waals surface area contributed by atoms with Crippen molar-refractivity contribution in [2.75, 3.05) is 21.2 Å². The lowest BCUT2D eigenvalue weighted by atomic mass is 10.1. The van der Waals surface area contributed by atoms with Crippen LogP contribution in [0.25, 0.3) is 0 Å². The number of nitrogens with zero attached hydrogens (tertiary/aromatic N) is 1. The second-order valence-electron chi connectivity index (χ2n) is 7.16. The highest BCUT2D eigenvalue weighted by atomic mass is 32.2. The van der Waals surface area contributed by atoms with Crippen LogP contribution in [0.5, 0.6) is 0 Å². The predicted octanol–water partition coefficient (Wildman–Crippen LogP) is 4.00. The molecule has 0 spiro atoms. The van der Waals surface area contributed by atoms with Crippen molar-refractivity contribution in [3.05, 3.63) is 89.7 Å². The lowest BCUT2D eigenvalue weighted by Crippen LogP contribution is -2.29. The van der Waals surface area contributed by atoms with E-state index in [9.17, 15) is 22.4 Å². The third-order valence-electron chi connectivity index (χ3n) is 4.52. The van der Waals surface area contributed by atoms with Crippen molar-refractivity contribution in [2.45, 2.75) is 13.5 Å². The van der Waals surface area contributed by atoms with Crippen LogP contribution in [0.4, 0.5) is 21.5 Å². The molecule has 166 valence electrons. The Balaban J connectivity index is 1.73. The summed E-state index contributed by atoms with van der Waals surface area (Å²) in [6.45, 7) is 1.44. The Labute approximate surface area is 185 Å². The van der Waals surface area contributed by atoms with E-state index in [-0.39, 0.29) is 18.4 Å². The lowest BCUT2D eigenvalue weighted by Gasteiger charge is -2.22. The summed E-state index contributed by atoms with van der Waals surface area (Å²) in [7, 11) is -3.61. The van der Waals surface area contributed by atoms with Crippen molar-refractivity contribution >= 4 is 38.9 Å². The first-order valence-electron chi connectivity index (χ1n) is 9.63. The third kappa shape index (κ3) is 6.14. The van der Waals surface area contributed by atoms with Gasteiger partial charge >= 0.3 is 0 Å². The number of sulfonamides is 1. The summed E-state index contributed by atoms with van der Waals surface area (Å²) in [5.41, 5.74) is 2.51. The van der Waals surface area contributed by atoms with Gasteiger partial charge in [-0.2, -0.15) is 0 Å². The van der Waals surface area contributed by atoms with Crippen LogP contribution < -0.4 is 14.9 Å². The van der Waals surface area contributed by atoms with E-state index in [1.807, 2.05) is 0 Å². The van der Waals surface area contributed by atoms with Gasteiger partial charge in [-0.25, -0.2) is 12.8 Å². The molecule has 3 aromatic carbocycles. The molecule has 0 radical (unpaired) electrons. The van der Waals surface area contributed by atoms with Gasteiger partial charge in [0, 0.05) is 23.9 Å². The highest BCUT2D eigenvalue weighted by Crippen LogP contribution is 2.22. The van der Waals surface area contributed by atoms with E-state index in [2.05, 4.69) is 10.6 Å². The summed E-state index contributed by atoms with van der Waals surface area (Å²) in [5.74, 6) is -0.961. The Hall–Kier alpha value is -3.72. The van der Waals surface area contributed by atoms with Gasteiger partial charge in [-0.1, -0.05) is 12.1 Å². The number of carbonyl (C=O) groups excluding carboxylic acids is 2. The van der Waals surface area contributed by atoms with Gasteiger partial charge in [0.15, 0.2) is 0 Å². The fourth-order valence-electron chi connectivity index (χ4n) is 2.98. The molecule has 9 heteroatoms. The zero-order valence-corrected chi connectivity index (χ0v) is 18.3. The number of hydrogen-bond acceptors (Lipinski definition) is 4. The van der Waals surface area contributed by atoms with Crippen molar-refractivity contribution < 1.29 is 22.4 Å². The van der Waals surface area contributed by atoms with E-state index in [0.717, 1.165) is 6.26 Å². The largest absolute Gasteiger partial charge is 0.326 e. The number of anilines is 3. The molecule has 32 heavy (non-hydrogen) atoms. The van der Waals surface area contributed by atoms with E-state index in [0.29, 0.717) is 28.2 Å². The van der Waals surface area contributed by atoms with Gasteiger partial charge in [-0.15, -0.1) is 0 Å². The molecule has 0 bridgehead atoms. The minimum absolute atomic E-state index is 0.0330. The molecule has 0 atom stereocenters. The van der Waals surface area contributed by atoms with E-state index in [1.54, 1.807) is 36.4 Å². The Morgan fingerprint density at radius 1 is 0.844 bits per heavy atom. The van der Waals surface area contributed by atoms with Gasteiger partial charge in [-0.3, -0.25) is 13.9 Å². The van der Waals surface area contributed by atoms with Crippen LogP contribution in [0, 0.1) is 5.82 Å². The van der Waals surface area contributed by atoms with E-state index < -0.39 is 15.8 Å². The van der Waals surface area contributed by atoms with Crippen LogP contribution in [0.2, 0.25) is 0 Å². The molecular weight excluding hydrogens is 433 g/mol. The molecule has 0 unspecified atom stereocenters. The first-order valence-corrected chi connectivity index (χ1v) is 11.5. The highest BCUT2D eigenvalue weighted by Gasteiger charge is 2.18. The summed E-state index contributed by atoms with van der Waals surface area (Å²) in [4.78, 5) is 23.6. The highest BCUT2D eigenvalue weighted by molar-refractivity contribution is 7.92. The Kier molecular flexibility index (Phi) is 6.89. The molecule has 0 aliphatic rings. The monoisotopic (exact) mass is 455 g/mol. The molecule has 0 heterocycles. The topological polar surface area (TPSA) is 95.6 Å². The third-order valence-corrected chi connectivity index (χ3v) is 5.66. The minimum Gasteiger partial charge on any atom is -0.326 e. The Morgan fingerprint density at radius 2 is 1.38 bits per heavy atom. The molecule has 0 aromatic heterocycles. The second-order valence-corrected chi connectivity index (χ2v) is 9.06. The molecule has 3 aromatic rings. The molecular formula is C23H22FN3O4S. The molecule has 0 fully saturated rings. The molecule has 7 nitrogen and oxygen atoms in total. The molecule has 0 saturated carbocycles. The smallest absolute Gasteiger partial charge is 0.255 e. The van der Waals surface area contributed by atoms with E-state index in [4.69, 9.17) is 0 Å². The van der Waals surface area contributed by atoms with Crippen LogP contribution in [-0.2, 0) is 21.4 Å². The van der Waals surface area contributed by atoms with Crippen molar-refractivity contribution in [1.82, 2.24) is 0 Å². The van der Waals surface area contributed by atoms with Crippen LogP contribution in [0.1, 0.15) is 22.8 Å². The zero-order chi connectivity index (χ0) is 23.3. The number of carbonyl (C=O) groups is 2. The van der Waals surface area contributed by atoms with Gasteiger partial charge in [0.05, 0.1) is 18.5 Å². The summed E-state index contributed by atoms with van der Waals surface area (Å²) >= 11 is 0. The number of nitrogens with one attached hydrogen (secondary N) is 2. The molecule has 0 aliphatic heterocycles. The molecule has 0 saturated heterocycles. The van der Waals surface area contributed by atoms with Crippen LogP contribution >= 0.6 is 0 Å². The molecule has 2 amide bonds. The summed E-state index contributed by atoms with van der Waals surface area (Å²) < 4.78 is 38.9. The first kappa shape index (κ1) is 23.0. The summed E-state index contributed by atoms with van der Waals surface area (Å²) in [6.07, 6.45) is 1.09. The van der Waals surface area contributed by atoms with Gasteiger partial charge < -0.3 is 10.6 Å². The van der Waals surface area contributed by atoms with Crippen LogP contribution in [0.3, 0.4) is 0 Å². The van der Waals surface area contributed by atoms with Gasteiger partial charge in [-0.05, 0) is 66.2 Å². The summed E-state index contributed by atoms with van der Waals surface area (Å²) in [6, 6.07) is 18.4. The number of halogens is 1. The summed E-state index contributed by atoms with van der Waals surface area (Å²) in [5, 5.41) is 5.39. The number of hydrogen-bond donors (Lipinski definition) is 2. The molecule has 0 aliphatic carbocycles. The molecule has 2 N–H and O–H groups in total. The standard InChI is InChI=1S/C23H22FN3O4S/c1-16(28)25-20-9-11-21(12-10-20)26-23(29)18-5-13-22(14-6-18)27(32(2,30)31)15-17-3-7-19(24)8-4-17/h3-14H,15H2,1-2H3,(H,25,28)(H,26,29). The van der Waals surface area contributed by atoms with Crippen molar-refractivity contribution in [3.8, 4) is 0 Å². The molecule has 3 rings (SSSR count). The maximum atomic E-state index is 13.1. The zero-order valence-electron chi connectivity index (χ0n) is 17.5. The van der Waals surface area contributed by atoms with Gasteiger partial charge in [0.1, 0.15) is 5.82 Å².